The number of hydrogen-bond acceptors (Lipinski definition) is 4. The van der Waals surface area contributed by atoms with Crippen molar-refractivity contribution < 1.29 is 9.53 Å². The van der Waals surface area contributed by atoms with E-state index in [1.54, 1.807) is 0 Å². The Hall–Kier alpha value is -1.03. The number of ether oxygens (including phenoxy) is 1. The molecule has 0 amide bonds. The van der Waals surface area contributed by atoms with Crippen LogP contribution in [-0.2, 0) is 11.2 Å². The maximum absolute atomic E-state index is 12.4. The quantitative estimate of drug-likeness (QED) is 0.826. The van der Waals surface area contributed by atoms with Gasteiger partial charge in [0, 0.05) is 4.88 Å². The first-order valence-corrected chi connectivity index (χ1v) is 7.99. The van der Waals surface area contributed by atoms with Gasteiger partial charge in [0.2, 0.25) is 0 Å². The fraction of sp³-hybridized carbons (Fsp3) is 0.688. The first-order chi connectivity index (χ1) is 9.03. The van der Waals surface area contributed by atoms with Crippen molar-refractivity contribution in [2.75, 3.05) is 5.73 Å². The SMILES string of the molecule is CC(C)Cc1c(C(C)C)sc(N)c1C(=O)OC(C)(C)C. The van der Waals surface area contributed by atoms with E-state index in [2.05, 4.69) is 27.7 Å². The van der Waals surface area contributed by atoms with Crippen molar-refractivity contribution in [1.82, 2.24) is 0 Å². The number of esters is 1. The maximum atomic E-state index is 12.4. The minimum atomic E-state index is -0.501. The standard InChI is InChI=1S/C16H27NO2S/c1-9(2)8-11-12(15(18)19-16(5,6)7)14(17)20-13(11)10(3)4/h9-10H,8,17H2,1-7H3. The Balaban J connectivity index is 3.26. The number of rotatable bonds is 4. The number of anilines is 1. The minimum Gasteiger partial charge on any atom is -0.456 e. The monoisotopic (exact) mass is 297 g/mol. The van der Waals surface area contributed by atoms with Crippen molar-refractivity contribution in [2.24, 2.45) is 5.92 Å². The van der Waals surface area contributed by atoms with Gasteiger partial charge in [-0.3, -0.25) is 0 Å². The average Bonchev–Trinajstić information content (AvgIpc) is 2.51. The lowest BCUT2D eigenvalue weighted by Crippen LogP contribution is -2.25. The molecular formula is C16H27NO2S. The Morgan fingerprint density at radius 2 is 1.80 bits per heavy atom. The average molecular weight is 297 g/mol. The normalized spacial score (nSPS) is 12.2. The molecule has 3 nitrogen and oxygen atoms in total. The molecule has 0 unspecified atom stereocenters. The molecule has 0 fully saturated rings. The number of thiophene rings is 1. The highest BCUT2D eigenvalue weighted by Crippen LogP contribution is 2.38. The largest absolute Gasteiger partial charge is 0.456 e. The van der Waals surface area contributed by atoms with Crippen LogP contribution in [-0.4, -0.2) is 11.6 Å². The van der Waals surface area contributed by atoms with Crippen LogP contribution in [0.5, 0.6) is 0 Å². The number of hydrogen-bond donors (Lipinski definition) is 1. The van der Waals surface area contributed by atoms with Gasteiger partial charge in [-0.25, -0.2) is 4.79 Å². The van der Waals surface area contributed by atoms with Gasteiger partial charge in [0.1, 0.15) is 10.6 Å². The number of nitrogens with two attached hydrogens (primary N) is 1. The Bertz CT molecular complexity index is 481. The van der Waals surface area contributed by atoms with E-state index < -0.39 is 5.60 Å². The first kappa shape index (κ1) is 17.0. The Kier molecular flexibility index (Phi) is 5.25. The fourth-order valence-corrected chi connectivity index (χ4v) is 3.22. The third-order valence-corrected chi connectivity index (χ3v) is 4.17. The molecule has 2 N–H and O–H groups in total. The second kappa shape index (κ2) is 6.17. The van der Waals surface area contributed by atoms with Crippen molar-refractivity contribution in [3.63, 3.8) is 0 Å². The summed E-state index contributed by atoms with van der Waals surface area (Å²) in [7, 11) is 0. The zero-order valence-corrected chi connectivity index (χ0v) is 14.5. The zero-order chi connectivity index (χ0) is 15.7. The summed E-state index contributed by atoms with van der Waals surface area (Å²) in [5, 5.41) is 0.582. The number of carbonyl (C=O) groups excluding carboxylic acids is 1. The molecule has 0 bridgehead atoms. The molecule has 0 saturated carbocycles. The third-order valence-electron chi connectivity index (χ3n) is 2.81. The van der Waals surface area contributed by atoms with Crippen LogP contribution in [0.1, 0.15) is 75.2 Å². The topological polar surface area (TPSA) is 52.3 Å². The molecule has 20 heavy (non-hydrogen) atoms. The van der Waals surface area contributed by atoms with Crippen molar-refractivity contribution in [1.29, 1.82) is 0 Å². The van der Waals surface area contributed by atoms with E-state index >= 15 is 0 Å². The molecular weight excluding hydrogens is 270 g/mol. The first-order valence-electron chi connectivity index (χ1n) is 7.17. The summed E-state index contributed by atoms with van der Waals surface area (Å²) in [6, 6.07) is 0. The summed E-state index contributed by atoms with van der Waals surface area (Å²) >= 11 is 1.52. The minimum absolute atomic E-state index is 0.297. The van der Waals surface area contributed by atoms with Crippen LogP contribution in [0, 0.1) is 5.92 Å². The molecule has 114 valence electrons. The second-order valence-corrected chi connectivity index (χ2v) is 8.02. The molecule has 1 heterocycles. The number of nitrogen functional groups attached to an aromatic ring is 1. The fourth-order valence-electron chi connectivity index (χ4n) is 2.13. The van der Waals surface area contributed by atoms with Crippen LogP contribution < -0.4 is 5.73 Å². The van der Waals surface area contributed by atoms with Gasteiger partial charge in [-0.2, -0.15) is 0 Å². The smallest absolute Gasteiger partial charge is 0.341 e. The van der Waals surface area contributed by atoms with Gasteiger partial charge in [0.15, 0.2) is 0 Å². The van der Waals surface area contributed by atoms with E-state index in [9.17, 15) is 4.79 Å². The molecule has 4 heteroatoms. The summed E-state index contributed by atoms with van der Waals surface area (Å²) in [6.45, 7) is 14.2. The maximum Gasteiger partial charge on any atom is 0.341 e. The van der Waals surface area contributed by atoms with Crippen LogP contribution in [0.3, 0.4) is 0 Å². The summed E-state index contributed by atoms with van der Waals surface area (Å²) in [5.41, 5.74) is 7.25. The van der Waals surface area contributed by atoms with Crippen molar-refractivity contribution in [3.05, 3.63) is 16.0 Å². The van der Waals surface area contributed by atoms with Crippen LogP contribution in [0.2, 0.25) is 0 Å². The van der Waals surface area contributed by atoms with Gasteiger partial charge in [-0.1, -0.05) is 27.7 Å². The van der Waals surface area contributed by atoms with Crippen LogP contribution in [0.4, 0.5) is 5.00 Å². The van der Waals surface area contributed by atoms with Gasteiger partial charge >= 0.3 is 5.97 Å². The van der Waals surface area contributed by atoms with Crippen molar-refractivity contribution in [2.45, 2.75) is 66.4 Å². The van der Waals surface area contributed by atoms with Crippen molar-refractivity contribution >= 4 is 22.3 Å². The summed E-state index contributed by atoms with van der Waals surface area (Å²) in [4.78, 5) is 13.6. The summed E-state index contributed by atoms with van der Waals surface area (Å²) in [5.74, 6) is 0.545. The van der Waals surface area contributed by atoms with E-state index in [0.29, 0.717) is 22.4 Å². The highest BCUT2D eigenvalue weighted by atomic mass is 32.1. The Labute approximate surface area is 126 Å². The van der Waals surface area contributed by atoms with E-state index in [1.807, 2.05) is 20.8 Å². The molecule has 0 saturated heterocycles. The van der Waals surface area contributed by atoms with E-state index in [1.165, 1.54) is 16.2 Å². The predicted octanol–water partition coefficient (Wildman–Crippen LogP) is 4.61. The van der Waals surface area contributed by atoms with Gasteiger partial charge in [0.25, 0.3) is 0 Å². The van der Waals surface area contributed by atoms with Crippen molar-refractivity contribution in [3.8, 4) is 0 Å². The van der Waals surface area contributed by atoms with Gasteiger partial charge < -0.3 is 10.5 Å². The summed E-state index contributed by atoms with van der Waals surface area (Å²) < 4.78 is 5.51. The van der Waals surface area contributed by atoms with E-state index in [-0.39, 0.29) is 5.97 Å². The van der Waals surface area contributed by atoms with E-state index in [0.717, 1.165) is 12.0 Å². The van der Waals surface area contributed by atoms with Crippen LogP contribution in [0.25, 0.3) is 0 Å². The molecule has 1 aromatic rings. The van der Waals surface area contributed by atoms with Gasteiger partial charge in [-0.15, -0.1) is 11.3 Å². The molecule has 0 aliphatic heterocycles. The lowest BCUT2D eigenvalue weighted by atomic mass is 9.95. The van der Waals surface area contributed by atoms with Gasteiger partial charge in [-0.05, 0) is 44.6 Å². The molecule has 1 rings (SSSR count). The zero-order valence-electron chi connectivity index (χ0n) is 13.7. The molecule has 1 aromatic heterocycles. The van der Waals surface area contributed by atoms with Crippen LogP contribution in [0.15, 0.2) is 0 Å². The molecule has 0 aliphatic rings. The lowest BCUT2D eigenvalue weighted by molar-refractivity contribution is 0.00700. The van der Waals surface area contributed by atoms with E-state index in [4.69, 9.17) is 10.5 Å². The number of carbonyl (C=O) groups is 1. The predicted molar refractivity (Wildman–Crippen MR) is 86.5 cm³/mol. The highest BCUT2D eigenvalue weighted by molar-refractivity contribution is 7.16. The molecule has 0 aromatic carbocycles. The van der Waals surface area contributed by atoms with Crippen LogP contribution >= 0.6 is 11.3 Å². The Morgan fingerprint density at radius 1 is 1.25 bits per heavy atom. The second-order valence-electron chi connectivity index (χ2n) is 6.94. The van der Waals surface area contributed by atoms with Gasteiger partial charge in [0.05, 0.1) is 5.56 Å². The molecule has 0 aliphatic carbocycles. The lowest BCUT2D eigenvalue weighted by Gasteiger charge is -2.20. The molecule has 0 spiro atoms. The molecule has 0 radical (unpaired) electrons. The molecule has 0 atom stereocenters. The third kappa shape index (κ3) is 4.23. The Morgan fingerprint density at radius 3 is 2.20 bits per heavy atom. The highest BCUT2D eigenvalue weighted by Gasteiger charge is 2.27. The summed E-state index contributed by atoms with van der Waals surface area (Å²) in [6.07, 6.45) is 0.857.